The average molecular weight is 1820 g/mol. The van der Waals surface area contributed by atoms with Crippen molar-refractivity contribution >= 4 is 90.1 Å². The molecule has 0 saturated carbocycles. The van der Waals surface area contributed by atoms with E-state index in [1.165, 1.54) is 35.4 Å². The van der Waals surface area contributed by atoms with Crippen LogP contribution < -0.4 is 0 Å². The third-order valence-corrected chi connectivity index (χ3v) is 24.9. The SMILES string of the molecule is C=Cc1ccc(CCC(C)(C(=O)OC(C)(C)C)C(F)(F)F)cc1.C=Cc1ccc(CCC(C)(C(=O)OC(C)(C)C)c2nc3ccccc3s2)cc1.C=Cc1ccc(CCC(C)(Cc2ccccc2)C(=O)OC(C)(C)C)cc1.C=Cc1ccc(S(=O)(=O)OCCC(OCC)(OCC)c2ccccc2)cc1.C=Cc1ccc(S(=O)(=O)OCCC2(c3ccccc3)OCCO2)cc1. The summed E-state index contributed by atoms with van der Waals surface area (Å²) >= 11 is 1.57. The van der Waals surface area contributed by atoms with E-state index in [1.54, 1.807) is 98.9 Å². The molecule has 0 spiro atoms. The number of carbonyl (C=O) groups is 3. The van der Waals surface area contributed by atoms with E-state index in [1.807, 2.05) is 197 Å². The molecule has 129 heavy (non-hydrogen) atoms. The third kappa shape index (κ3) is 32.2. The molecule has 1 aliphatic heterocycles. The number of hydrogen-bond acceptors (Lipinski definition) is 18. The molecule has 2 heterocycles. The molecule has 0 N–H and O–H groups in total. The molecular weight excluding hydrogens is 1700 g/mol. The number of aryl methyl sites for hydroxylation is 3. The Balaban J connectivity index is 0.000000221. The van der Waals surface area contributed by atoms with Crippen molar-refractivity contribution in [2.75, 3.05) is 39.6 Å². The van der Waals surface area contributed by atoms with Gasteiger partial charge in [0.1, 0.15) is 27.2 Å². The lowest BCUT2D eigenvalue weighted by molar-refractivity contribution is -0.249. The first kappa shape index (κ1) is 105. The average Bonchev–Trinajstić information content (AvgIpc) is 1.52. The summed E-state index contributed by atoms with van der Waals surface area (Å²) in [7, 11) is -7.70. The van der Waals surface area contributed by atoms with Gasteiger partial charge in [-0.15, -0.1) is 11.3 Å². The van der Waals surface area contributed by atoms with Crippen LogP contribution in [-0.2, 0) is 119 Å². The minimum absolute atomic E-state index is 0.0412. The van der Waals surface area contributed by atoms with Crippen molar-refractivity contribution in [1.29, 1.82) is 0 Å². The Labute approximate surface area is 766 Å². The lowest BCUT2D eigenvalue weighted by Crippen LogP contribution is -2.46. The van der Waals surface area contributed by atoms with E-state index in [2.05, 4.69) is 81.4 Å². The van der Waals surface area contributed by atoms with Crippen molar-refractivity contribution in [2.45, 2.75) is 204 Å². The number of halogens is 3. The zero-order valence-electron chi connectivity index (χ0n) is 76.9. The summed E-state index contributed by atoms with van der Waals surface area (Å²) < 4.78 is 141. The van der Waals surface area contributed by atoms with E-state index in [-0.39, 0.29) is 60.6 Å². The predicted molar refractivity (Wildman–Crippen MR) is 511 cm³/mol. The number of benzene rings is 9. The number of thiazole rings is 1. The van der Waals surface area contributed by atoms with Gasteiger partial charge in [0.25, 0.3) is 20.2 Å². The van der Waals surface area contributed by atoms with Crippen LogP contribution in [0.2, 0.25) is 0 Å². The first-order chi connectivity index (χ1) is 60.8. The van der Waals surface area contributed by atoms with Gasteiger partial charge in [0.2, 0.25) is 0 Å². The molecule has 3 atom stereocenters. The van der Waals surface area contributed by atoms with Crippen LogP contribution in [-0.4, -0.2) is 102 Å². The Morgan fingerprint density at radius 3 is 1.22 bits per heavy atom. The highest BCUT2D eigenvalue weighted by atomic mass is 32.2. The van der Waals surface area contributed by atoms with E-state index >= 15 is 0 Å². The monoisotopic (exact) mass is 1820 g/mol. The van der Waals surface area contributed by atoms with Crippen molar-refractivity contribution in [1.82, 2.24) is 4.98 Å². The van der Waals surface area contributed by atoms with E-state index < -0.39 is 77.0 Å². The van der Waals surface area contributed by atoms with Gasteiger partial charge in [-0.05, 0) is 228 Å². The number of fused-ring (bicyclic) bond motifs is 1. The lowest BCUT2D eigenvalue weighted by atomic mass is 9.78. The van der Waals surface area contributed by atoms with Crippen LogP contribution in [0.3, 0.4) is 0 Å². The number of hydrogen-bond donors (Lipinski definition) is 0. The van der Waals surface area contributed by atoms with Gasteiger partial charge in [0.05, 0.1) is 51.9 Å². The zero-order chi connectivity index (χ0) is 95.0. The maximum Gasteiger partial charge on any atom is 0.404 e. The molecule has 1 aromatic heterocycles. The minimum Gasteiger partial charge on any atom is -0.460 e. The van der Waals surface area contributed by atoms with Gasteiger partial charge in [-0.1, -0.05) is 263 Å². The molecule has 17 nitrogen and oxygen atoms in total. The fourth-order valence-electron chi connectivity index (χ4n) is 13.4. The molecule has 0 bridgehead atoms. The van der Waals surface area contributed by atoms with Gasteiger partial charge < -0.3 is 33.2 Å². The van der Waals surface area contributed by atoms with Crippen LogP contribution in [0.1, 0.15) is 195 Å². The second kappa shape index (κ2) is 47.8. The summed E-state index contributed by atoms with van der Waals surface area (Å²) in [5.41, 5.74) is 5.77. The van der Waals surface area contributed by atoms with Crippen molar-refractivity contribution in [3.8, 4) is 0 Å². The summed E-state index contributed by atoms with van der Waals surface area (Å²) in [6, 6.07) is 73.5. The topological polar surface area (TPSA) is 215 Å². The van der Waals surface area contributed by atoms with Crippen molar-refractivity contribution < 1.29 is 85.9 Å². The van der Waals surface area contributed by atoms with Gasteiger partial charge >= 0.3 is 24.1 Å². The summed E-state index contributed by atoms with van der Waals surface area (Å²) in [6.45, 7) is 44.9. The Morgan fingerprint density at radius 1 is 0.434 bits per heavy atom. The molecule has 23 heteroatoms. The quantitative estimate of drug-likeness (QED) is 0.0154. The maximum atomic E-state index is 13.4. The number of aromatic nitrogens is 1. The minimum atomic E-state index is -4.67. The molecule has 0 radical (unpaired) electrons. The Kier molecular flexibility index (Phi) is 39.1. The largest absolute Gasteiger partial charge is 0.460 e. The van der Waals surface area contributed by atoms with Gasteiger partial charge in [-0.2, -0.15) is 30.0 Å². The maximum absolute atomic E-state index is 13.4. The van der Waals surface area contributed by atoms with Crippen LogP contribution in [0, 0.1) is 10.8 Å². The molecule has 690 valence electrons. The second-order valence-electron chi connectivity index (χ2n) is 34.6. The summed E-state index contributed by atoms with van der Waals surface area (Å²) in [6.07, 6.45) is 7.89. The normalized spacial score (nSPS) is 14.2. The van der Waals surface area contributed by atoms with Gasteiger partial charge in [-0.25, -0.2) is 4.98 Å². The van der Waals surface area contributed by atoms with E-state index in [9.17, 15) is 44.4 Å². The van der Waals surface area contributed by atoms with Crippen LogP contribution in [0.5, 0.6) is 0 Å². The van der Waals surface area contributed by atoms with E-state index in [0.717, 1.165) is 91.5 Å². The second-order valence-corrected chi connectivity index (χ2v) is 38.9. The molecule has 0 aliphatic carbocycles. The Hall–Kier alpha value is -10.6. The standard InChI is InChI=1S/C24H27NO2S.C24H30O2.C21H26O5S.C19H20O5S.C18H23F3O2/c1-6-17-11-13-18(14-12-17)15-16-24(5,22(26)27-23(2,3)4)21-25-19-9-7-8-10-20(19)28-21;1-6-19-12-14-20(15-13-19)16-17-24(5,22(25)26-23(2,3)4)18-21-10-8-7-9-11-21;1-4-18-12-14-20(15-13-18)27(22,23)26-17-16-21(24-5-2,25-6-3)19-10-8-7-9-11-19;1-2-16-8-10-18(11-9-16)25(20,21)24-13-12-19(22-14-15-23-19)17-6-4-3-5-7-17;1-6-13-7-9-14(10-8-13)11-12-17(5,18(19,20)21)15(22)23-16(2,3)4/h6-14H,1,15-16H2,2-5H3;6-15H,1,16-18H2,2-5H3;4,7-15H,1,5-6,16-17H2,2-3H3;2-11H,1,12-15H2;6-10H,1,11-12H2,2-5H3. The third-order valence-electron chi connectivity index (χ3n) is 20.9. The molecule has 10 aromatic rings. The zero-order valence-corrected chi connectivity index (χ0v) is 79.3. The fourth-order valence-corrected chi connectivity index (χ4v) is 16.4. The molecule has 3 unspecified atom stereocenters. The molecule has 0 amide bonds. The Morgan fingerprint density at radius 2 is 0.806 bits per heavy atom. The number of alkyl halides is 3. The first-order valence-corrected chi connectivity index (χ1v) is 46.7. The lowest BCUT2D eigenvalue weighted by Gasteiger charge is -2.33. The Bertz CT molecular complexity index is 5430. The van der Waals surface area contributed by atoms with E-state index in [0.29, 0.717) is 39.3 Å². The highest BCUT2D eigenvalue weighted by molar-refractivity contribution is 7.87. The molecule has 1 aliphatic rings. The predicted octanol–water partition coefficient (Wildman–Crippen LogP) is 24.9. The number of carbonyl (C=O) groups excluding carboxylic acids is 3. The number of esters is 3. The van der Waals surface area contributed by atoms with Gasteiger partial charge in [0.15, 0.2) is 17.0 Å². The van der Waals surface area contributed by atoms with Crippen molar-refractivity contribution in [2.24, 2.45) is 10.8 Å². The van der Waals surface area contributed by atoms with Gasteiger partial charge in [-0.3, -0.25) is 22.7 Å². The molecule has 11 rings (SSSR count). The van der Waals surface area contributed by atoms with Crippen LogP contribution in [0.25, 0.3) is 40.6 Å². The number of rotatable bonds is 36. The number of nitrogens with zero attached hydrogens (tertiary/aromatic N) is 1. The molecule has 1 saturated heterocycles. The molecule has 1 fully saturated rings. The van der Waals surface area contributed by atoms with Crippen LogP contribution in [0.4, 0.5) is 13.2 Å². The summed E-state index contributed by atoms with van der Waals surface area (Å²) in [5.74, 6) is -3.59. The summed E-state index contributed by atoms with van der Waals surface area (Å²) in [4.78, 5) is 43.3. The van der Waals surface area contributed by atoms with Crippen molar-refractivity contribution in [3.05, 3.63) is 336 Å². The highest BCUT2D eigenvalue weighted by Crippen LogP contribution is 2.45. The fraction of sp³-hybridized carbons (Fsp3) is 0.358. The first-order valence-electron chi connectivity index (χ1n) is 43.1. The van der Waals surface area contributed by atoms with Crippen LogP contribution in [0.15, 0.2) is 279 Å². The number of para-hydroxylation sites is 1. The molecular formula is C106H126F3NO16S3. The van der Waals surface area contributed by atoms with Crippen LogP contribution >= 0.6 is 11.3 Å². The van der Waals surface area contributed by atoms with Gasteiger partial charge in [0, 0.05) is 37.2 Å². The van der Waals surface area contributed by atoms with E-state index in [4.69, 9.17) is 46.5 Å². The summed E-state index contributed by atoms with van der Waals surface area (Å²) in [5, 5.41) is 0.811. The molecule has 9 aromatic carbocycles. The number of ether oxygens (including phenoxy) is 7. The van der Waals surface area contributed by atoms with Crippen molar-refractivity contribution in [3.63, 3.8) is 0 Å². The highest BCUT2D eigenvalue weighted by Gasteiger charge is 2.58. The smallest absolute Gasteiger partial charge is 0.404 e.